The second-order valence-electron chi connectivity index (χ2n) is 3.69. The van der Waals surface area contributed by atoms with Crippen molar-refractivity contribution in [3.63, 3.8) is 0 Å². The molecule has 0 saturated carbocycles. The average molecular weight is 242 g/mol. The van der Waals surface area contributed by atoms with Gasteiger partial charge in [-0.3, -0.25) is 4.79 Å². The number of aromatic nitrogens is 1. The van der Waals surface area contributed by atoms with Crippen LogP contribution in [0.2, 0.25) is 0 Å². The van der Waals surface area contributed by atoms with E-state index in [1.54, 1.807) is 13.8 Å². The number of aryl methyl sites for hydroxylation is 1. The third-order valence-electron chi connectivity index (χ3n) is 2.41. The molecular formula is C10H14N2O3S. The molecule has 1 amide bonds. The van der Waals surface area contributed by atoms with Gasteiger partial charge in [0.05, 0.1) is 11.2 Å². The predicted octanol–water partition coefficient (Wildman–Crippen LogP) is 1.43. The summed E-state index contributed by atoms with van der Waals surface area (Å²) in [6, 6.07) is 0. The molecule has 1 heterocycles. The number of hydrogen-bond donors (Lipinski definition) is 2. The molecule has 5 nitrogen and oxygen atoms in total. The summed E-state index contributed by atoms with van der Waals surface area (Å²) in [6.07, 6.45) is 1.78. The first kappa shape index (κ1) is 12.6. The molecule has 2 N–H and O–H groups in total. The number of thiazole rings is 1. The standard InChI is InChI=1S/C10H14N2O3S/c1-4-10(3,9(14)15)12-8(13)7-5-11-6(2)16-7/h5H,4H2,1-3H3,(H,12,13)(H,14,15). The minimum Gasteiger partial charge on any atom is -0.480 e. The smallest absolute Gasteiger partial charge is 0.329 e. The number of amides is 1. The summed E-state index contributed by atoms with van der Waals surface area (Å²) >= 11 is 1.24. The summed E-state index contributed by atoms with van der Waals surface area (Å²) in [5, 5.41) is 12.3. The lowest BCUT2D eigenvalue weighted by molar-refractivity contribution is -0.143. The van der Waals surface area contributed by atoms with Gasteiger partial charge in [0.1, 0.15) is 10.4 Å². The van der Waals surface area contributed by atoms with Crippen molar-refractivity contribution < 1.29 is 14.7 Å². The molecule has 88 valence electrons. The molecule has 1 rings (SSSR count). The van der Waals surface area contributed by atoms with E-state index in [0.29, 0.717) is 11.3 Å². The summed E-state index contributed by atoms with van der Waals surface area (Å²) < 4.78 is 0. The molecule has 1 atom stereocenters. The third-order valence-corrected chi connectivity index (χ3v) is 3.33. The molecule has 0 spiro atoms. The fraction of sp³-hybridized carbons (Fsp3) is 0.500. The lowest BCUT2D eigenvalue weighted by Gasteiger charge is -2.23. The van der Waals surface area contributed by atoms with E-state index in [0.717, 1.165) is 5.01 Å². The zero-order valence-electron chi connectivity index (χ0n) is 9.40. The van der Waals surface area contributed by atoms with Crippen LogP contribution >= 0.6 is 11.3 Å². The van der Waals surface area contributed by atoms with Gasteiger partial charge in [-0.25, -0.2) is 9.78 Å². The molecule has 0 radical (unpaired) electrons. The van der Waals surface area contributed by atoms with Crippen LogP contribution in [0.1, 0.15) is 34.9 Å². The highest BCUT2D eigenvalue weighted by Crippen LogP contribution is 2.15. The Labute approximate surface area is 97.5 Å². The van der Waals surface area contributed by atoms with Crippen LogP contribution in [0.4, 0.5) is 0 Å². The number of carbonyl (C=O) groups excluding carboxylic acids is 1. The van der Waals surface area contributed by atoms with Crippen LogP contribution in [0, 0.1) is 6.92 Å². The Kier molecular flexibility index (Phi) is 3.64. The summed E-state index contributed by atoms with van der Waals surface area (Å²) in [7, 11) is 0. The SMILES string of the molecule is CCC(C)(NC(=O)c1cnc(C)s1)C(=O)O. The van der Waals surface area contributed by atoms with Gasteiger partial charge in [0, 0.05) is 0 Å². The van der Waals surface area contributed by atoms with E-state index in [2.05, 4.69) is 10.3 Å². The first-order chi connectivity index (χ1) is 7.39. The van der Waals surface area contributed by atoms with Gasteiger partial charge in [-0.2, -0.15) is 0 Å². The maximum absolute atomic E-state index is 11.7. The van der Waals surface area contributed by atoms with Gasteiger partial charge in [0.2, 0.25) is 0 Å². The Morgan fingerprint density at radius 2 is 2.25 bits per heavy atom. The van der Waals surface area contributed by atoms with Gasteiger partial charge in [0.25, 0.3) is 5.91 Å². The molecule has 0 fully saturated rings. The van der Waals surface area contributed by atoms with E-state index in [-0.39, 0.29) is 0 Å². The molecule has 0 saturated heterocycles. The molecular weight excluding hydrogens is 228 g/mol. The second kappa shape index (κ2) is 4.61. The number of nitrogens with zero attached hydrogens (tertiary/aromatic N) is 1. The number of hydrogen-bond acceptors (Lipinski definition) is 4. The normalized spacial score (nSPS) is 14.2. The van der Waals surface area contributed by atoms with Crippen LogP contribution < -0.4 is 5.32 Å². The van der Waals surface area contributed by atoms with Crippen molar-refractivity contribution in [2.75, 3.05) is 0 Å². The maximum atomic E-state index is 11.7. The Balaban J connectivity index is 2.81. The number of carboxylic acids is 1. The zero-order chi connectivity index (χ0) is 12.3. The minimum absolute atomic E-state index is 0.325. The Morgan fingerprint density at radius 3 is 2.62 bits per heavy atom. The first-order valence-electron chi connectivity index (χ1n) is 4.87. The minimum atomic E-state index is -1.23. The summed E-state index contributed by atoms with van der Waals surface area (Å²) in [5.41, 5.74) is -1.23. The lowest BCUT2D eigenvalue weighted by atomic mass is 9.99. The molecule has 0 aliphatic carbocycles. The van der Waals surface area contributed by atoms with E-state index in [4.69, 9.17) is 5.11 Å². The number of aliphatic carboxylic acids is 1. The monoisotopic (exact) mass is 242 g/mol. The predicted molar refractivity (Wildman–Crippen MR) is 60.6 cm³/mol. The van der Waals surface area contributed by atoms with Crippen molar-refractivity contribution in [2.24, 2.45) is 0 Å². The average Bonchev–Trinajstić information content (AvgIpc) is 2.64. The maximum Gasteiger partial charge on any atom is 0.329 e. The van der Waals surface area contributed by atoms with Gasteiger partial charge >= 0.3 is 5.97 Å². The molecule has 6 heteroatoms. The highest BCUT2D eigenvalue weighted by molar-refractivity contribution is 7.13. The number of rotatable bonds is 4. The van der Waals surface area contributed by atoms with Crippen molar-refractivity contribution in [3.05, 3.63) is 16.1 Å². The largest absolute Gasteiger partial charge is 0.480 e. The van der Waals surface area contributed by atoms with E-state index in [1.807, 2.05) is 0 Å². The van der Waals surface area contributed by atoms with E-state index < -0.39 is 17.4 Å². The van der Waals surface area contributed by atoms with Crippen LogP contribution in [-0.2, 0) is 4.79 Å². The molecule has 0 aliphatic heterocycles. The summed E-state index contributed by atoms with van der Waals surface area (Å²) in [5.74, 6) is -1.43. The number of nitrogens with one attached hydrogen (secondary N) is 1. The van der Waals surface area contributed by atoms with Gasteiger partial charge in [-0.1, -0.05) is 6.92 Å². The lowest BCUT2D eigenvalue weighted by Crippen LogP contribution is -2.51. The van der Waals surface area contributed by atoms with Crippen molar-refractivity contribution in [3.8, 4) is 0 Å². The van der Waals surface area contributed by atoms with E-state index in [9.17, 15) is 9.59 Å². The van der Waals surface area contributed by atoms with Gasteiger partial charge in [-0.15, -0.1) is 11.3 Å². The molecule has 0 aliphatic rings. The topological polar surface area (TPSA) is 79.3 Å². The first-order valence-corrected chi connectivity index (χ1v) is 5.69. The fourth-order valence-corrected chi connectivity index (χ4v) is 1.74. The number of carbonyl (C=O) groups is 2. The van der Waals surface area contributed by atoms with Gasteiger partial charge < -0.3 is 10.4 Å². The van der Waals surface area contributed by atoms with E-state index in [1.165, 1.54) is 24.5 Å². The third kappa shape index (κ3) is 2.57. The summed E-state index contributed by atoms with van der Waals surface area (Å²) in [6.45, 7) is 4.99. The molecule has 0 bridgehead atoms. The van der Waals surface area contributed by atoms with Crippen LogP contribution in [0.15, 0.2) is 6.20 Å². The van der Waals surface area contributed by atoms with E-state index >= 15 is 0 Å². The molecule has 1 aromatic heterocycles. The quantitative estimate of drug-likeness (QED) is 0.837. The van der Waals surface area contributed by atoms with Crippen LogP contribution in [0.5, 0.6) is 0 Å². The van der Waals surface area contributed by atoms with Gasteiger partial charge in [0.15, 0.2) is 0 Å². The van der Waals surface area contributed by atoms with Crippen molar-refractivity contribution in [1.29, 1.82) is 0 Å². The Morgan fingerprint density at radius 1 is 1.62 bits per heavy atom. The highest BCUT2D eigenvalue weighted by Gasteiger charge is 2.33. The summed E-state index contributed by atoms with van der Waals surface area (Å²) in [4.78, 5) is 27.1. The van der Waals surface area contributed by atoms with Crippen molar-refractivity contribution in [1.82, 2.24) is 10.3 Å². The molecule has 16 heavy (non-hydrogen) atoms. The Hall–Kier alpha value is -1.43. The Bertz CT molecular complexity index is 416. The van der Waals surface area contributed by atoms with Crippen LogP contribution in [-0.4, -0.2) is 27.5 Å². The molecule has 1 unspecified atom stereocenters. The van der Waals surface area contributed by atoms with Crippen LogP contribution in [0.25, 0.3) is 0 Å². The number of carboxylic acid groups (broad SMARTS) is 1. The molecule has 1 aromatic rings. The second-order valence-corrected chi connectivity index (χ2v) is 4.92. The highest BCUT2D eigenvalue weighted by atomic mass is 32.1. The van der Waals surface area contributed by atoms with Gasteiger partial charge in [-0.05, 0) is 20.3 Å². The van der Waals surface area contributed by atoms with Crippen molar-refractivity contribution in [2.45, 2.75) is 32.7 Å². The van der Waals surface area contributed by atoms with Crippen LogP contribution in [0.3, 0.4) is 0 Å². The van der Waals surface area contributed by atoms with Crippen molar-refractivity contribution >= 4 is 23.2 Å². The fourth-order valence-electron chi connectivity index (χ4n) is 1.07. The zero-order valence-corrected chi connectivity index (χ0v) is 10.2. The molecule has 0 aromatic carbocycles.